The van der Waals surface area contributed by atoms with Crippen LogP contribution in [-0.4, -0.2) is 17.6 Å². The van der Waals surface area contributed by atoms with E-state index in [1.165, 1.54) is 18.5 Å². The first-order valence-electron chi connectivity index (χ1n) is 5.65. The van der Waals surface area contributed by atoms with E-state index in [4.69, 9.17) is 5.73 Å². The van der Waals surface area contributed by atoms with Crippen molar-refractivity contribution in [2.24, 2.45) is 5.92 Å². The Labute approximate surface area is 91.3 Å². The van der Waals surface area contributed by atoms with Crippen LogP contribution < -0.4 is 10.6 Å². The fourth-order valence-electron chi connectivity index (χ4n) is 2.41. The molecule has 1 fully saturated rings. The molecule has 0 spiro atoms. The zero-order valence-corrected chi connectivity index (χ0v) is 9.48. The Morgan fingerprint density at radius 3 is 2.93 bits per heavy atom. The van der Waals surface area contributed by atoms with Gasteiger partial charge in [0.2, 0.25) is 0 Å². The first kappa shape index (κ1) is 10.3. The summed E-state index contributed by atoms with van der Waals surface area (Å²) in [5.41, 5.74) is 6.91. The molecule has 1 aromatic heterocycles. The van der Waals surface area contributed by atoms with Crippen LogP contribution in [0.4, 0.5) is 11.5 Å². The highest BCUT2D eigenvalue weighted by molar-refractivity contribution is 5.52. The predicted molar refractivity (Wildman–Crippen MR) is 63.9 cm³/mol. The van der Waals surface area contributed by atoms with Gasteiger partial charge in [0.1, 0.15) is 5.82 Å². The quantitative estimate of drug-likeness (QED) is 0.765. The lowest BCUT2D eigenvalue weighted by molar-refractivity contribution is 0.378. The standard InChI is InChI=1S/C12H19N3/c1-9-4-6-15(10(2)7-9)11-3-5-14-12(13)8-11/h3,5,8-10H,4,6-7H2,1-2H3,(H2,13,14). The van der Waals surface area contributed by atoms with Gasteiger partial charge in [0.25, 0.3) is 0 Å². The maximum absolute atomic E-state index is 5.70. The molecule has 1 aliphatic rings. The van der Waals surface area contributed by atoms with Gasteiger partial charge in [-0.3, -0.25) is 0 Å². The van der Waals surface area contributed by atoms with Crippen LogP contribution in [-0.2, 0) is 0 Å². The van der Waals surface area contributed by atoms with E-state index in [0.717, 1.165) is 12.5 Å². The van der Waals surface area contributed by atoms with Crippen molar-refractivity contribution in [2.45, 2.75) is 32.7 Å². The van der Waals surface area contributed by atoms with Gasteiger partial charge < -0.3 is 10.6 Å². The van der Waals surface area contributed by atoms with E-state index in [-0.39, 0.29) is 0 Å². The van der Waals surface area contributed by atoms with Crippen molar-refractivity contribution >= 4 is 11.5 Å². The first-order valence-corrected chi connectivity index (χ1v) is 5.65. The number of hydrogen-bond acceptors (Lipinski definition) is 3. The average molecular weight is 205 g/mol. The molecule has 2 atom stereocenters. The van der Waals surface area contributed by atoms with Crippen LogP contribution >= 0.6 is 0 Å². The number of rotatable bonds is 1. The van der Waals surface area contributed by atoms with Gasteiger partial charge in [0.15, 0.2) is 0 Å². The van der Waals surface area contributed by atoms with E-state index in [0.29, 0.717) is 11.9 Å². The van der Waals surface area contributed by atoms with Gasteiger partial charge in [-0.05, 0) is 31.7 Å². The zero-order valence-electron chi connectivity index (χ0n) is 9.48. The average Bonchev–Trinajstić information content (AvgIpc) is 2.17. The van der Waals surface area contributed by atoms with Crippen LogP contribution in [0.3, 0.4) is 0 Å². The minimum Gasteiger partial charge on any atom is -0.384 e. The molecular weight excluding hydrogens is 186 g/mol. The number of nitrogens with two attached hydrogens (primary N) is 1. The van der Waals surface area contributed by atoms with Crippen molar-refractivity contribution in [2.75, 3.05) is 17.2 Å². The lowest BCUT2D eigenvalue weighted by Gasteiger charge is -2.38. The molecule has 82 valence electrons. The van der Waals surface area contributed by atoms with E-state index < -0.39 is 0 Å². The van der Waals surface area contributed by atoms with Gasteiger partial charge in [-0.2, -0.15) is 0 Å². The number of aromatic nitrogens is 1. The molecule has 3 nitrogen and oxygen atoms in total. The van der Waals surface area contributed by atoms with Crippen LogP contribution in [0.1, 0.15) is 26.7 Å². The van der Waals surface area contributed by atoms with Crippen molar-refractivity contribution in [3.8, 4) is 0 Å². The lowest BCUT2D eigenvalue weighted by Crippen LogP contribution is -2.40. The number of piperidine rings is 1. The molecule has 0 amide bonds. The summed E-state index contributed by atoms with van der Waals surface area (Å²) in [7, 11) is 0. The molecule has 2 unspecified atom stereocenters. The maximum Gasteiger partial charge on any atom is 0.125 e. The van der Waals surface area contributed by atoms with E-state index in [1.54, 1.807) is 6.20 Å². The van der Waals surface area contributed by atoms with Crippen molar-refractivity contribution < 1.29 is 0 Å². The minimum atomic E-state index is 0.607. The minimum absolute atomic E-state index is 0.607. The van der Waals surface area contributed by atoms with E-state index in [1.807, 2.05) is 12.1 Å². The Morgan fingerprint density at radius 1 is 1.47 bits per heavy atom. The van der Waals surface area contributed by atoms with Crippen molar-refractivity contribution in [1.29, 1.82) is 0 Å². The molecule has 2 heterocycles. The molecular formula is C12H19N3. The van der Waals surface area contributed by atoms with Crippen molar-refractivity contribution in [3.05, 3.63) is 18.3 Å². The third-order valence-corrected chi connectivity index (χ3v) is 3.23. The fourth-order valence-corrected chi connectivity index (χ4v) is 2.41. The molecule has 2 N–H and O–H groups in total. The Hall–Kier alpha value is -1.25. The Kier molecular flexibility index (Phi) is 2.80. The molecule has 2 rings (SSSR count). The van der Waals surface area contributed by atoms with Crippen molar-refractivity contribution in [1.82, 2.24) is 4.98 Å². The Bertz CT molecular complexity index is 337. The largest absolute Gasteiger partial charge is 0.384 e. The molecule has 0 radical (unpaired) electrons. The maximum atomic E-state index is 5.70. The van der Waals surface area contributed by atoms with Crippen LogP contribution in [0.15, 0.2) is 18.3 Å². The van der Waals surface area contributed by atoms with Crippen LogP contribution in [0, 0.1) is 5.92 Å². The molecule has 15 heavy (non-hydrogen) atoms. The third kappa shape index (κ3) is 2.22. The molecule has 0 aliphatic carbocycles. The number of anilines is 2. The molecule has 0 saturated carbocycles. The summed E-state index contributed by atoms with van der Waals surface area (Å²) >= 11 is 0. The smallest absolute Gasteiger partial charge is 0.125 e. The van der Waals surface area contributed by atoms with Crippen LogP contribution in [0.25, 0.3) is 0 Å². The molecule has 3 heteroatoms. The summed E-state index contributed by atoms with van der Waals surface area (Å²) in [6.45, 7) is 5.74. The normalized spacial score (nSPS) is 26.7. The van der Waals surface area contributed by atoms with E-state index in [2.05, 4.69) is 23.7 Å². The second-order valence-corrected chi connectivity index (χ2v) is 4.61. The van der Waals surface area contributed by atoms with Crippen LogP contribution in [0.5, 0.6) is 0 Å². The summed E-state index contributed by atoms with van der Waals surface area (Å²) < 4.78 is 0. The van der Waals surface area contributed by atoms with Gasteiger partial charge in [0, 0.05) is 30.5 Å². The van der Waals surface area contributed by atoms with Gasteiger partial charge >= 0.3 is 0 Å². The third-order valence-electron chi connectivity index (χ3n) is 3.23. The summed E-state index contributed by atoms with van der Waals surface area (Å²) in [5.74, 6) is 1.45. The van der Waals surface area contributed by atoms with Gasteiger partial charge in [-0.1, -0.05) is 6.92 Å². The highest BCUT2D eigenvalue weighted by Gasteiger charge is 2.22. The molecule has 1 aromatic rings. The summed E-state index contributed by atoms with van der Waals surface area (Å²) in [6.07, 6.45) is 4.32. The number of nitrogens with zero attached hydrogens (tertiary/aromatic N) is 2. The summed E-state index contributed by atoms with van der Waals surface area (Å²) in [6, 6.07) is 4.62. The van der Waals surface area contributed by atoms with Crippen molar-refractivity contribution in [3.63, 3.8) is 0 Å². The highest BCUT2D eigenvalue weighted by Crippen LogP contribution is 2.27. The number of pyridine rings is 1. The van der Waals surface area contributed by atoms with E-state index in [9.17, 15) is 0 Å². The molecule has 1 aliphatic heterocycles. The Balaban J connectivity index is 2.17. The SMILES string of the molecule is CC1CCN(c2ccnc(N)c2)C(C)C1. The number of nitrogen functional groups attached to an aromatic ring is 1. The monoisotopic (exact) mass is 205 g/mol. The second kappa shape index (κ2) is 4.09. The fraction of sp³-hybridized carbons (Fsp3) is 0.583. The highest BCUT2D eigenvalue weighted by atomic mass is 15.2. The molecule has 0 aromatic carbocycles. The molecule has 1 saturated heterocycles. The number of hydrogen-bond donors (Lipinski definition) is 1. The van der Waals surface area contributed by atoms with Gasteiger partial charge in [-0.15, -0.1) is 0 Å². The van der Waals surface area contributed by atoms with Gasteiger partial charge in [0.05, 0.1) is 0 Å². The summed E-state index contributed by atoms with van der Waals surface area (Å²) in [5, 5.41) is 0. The Morgan fingerprint density at radius 2 is 2.27 bits per heavy atom. The second-order valence-electron chi connectivity index (χ2n) is 4.61. The van der Waals surface area contributed by atoms with Gasteiger partial charge in [-0.25, -0.2) is 4.98 Å². The zero-order chi connectivity index (χ0) is 10.8. The van der Waals surface area contributed by atoms with E-state index >= 15 is 0 Å². The lowest BCUT2D eigenvalue weighted by atomic mass is 9.93. The first-order chi connectivity index (χ1) is 7.16. The summed E-state index contributed by atoms with van der Waals surface area (Å²) in [4.78, 5) is 6.45. The predicted octanol–water partition coefficient (Wildman–Crippen LogP) is 2.29. The molecule has 0 bridgehead atoms. The van der Waals surface area contributed by atoms with Crippen LogP contribution in [0.2, 0.25) is 0 Å². The topological polar surface area (TPSA) is 42.2 Å².